The summed E-state index contributed by atoms with van der Waals surface area (Å²) in [4.78, 5) is 33.6. The van der Waals surface area contributed by atoms with E-state index in [9.17, 15) is 9.59 Å². The van der Waals surface area contributed by atoms with Gasteiger partial charge in [-0.25, -0.2) is 9.79 Å². The Balaban J connectivity index is 1.52. The lowest BCUT2D eigenvalue weighted by atomic mass is 9.93. The summed E-state index contributed by atoms with van der Waals surface area (Å²) in [5.74, 6) is 1.45. The molecule has 1 atom stereocenters. The van der Waals surface area contributed by atoms with Crippen LogP contribution in [0.1, 0.15) is 35.2 Å². The number of hydrogen-bond donors (Lipinski definition) is 0. The highest BCUT2D eigenvalue weighted by molar-refractivity contribution is 14.1. The molecular weight excluding hydrogens is 791 g/mol. The molecule has 4 aromatic carbocycles. The summed E-state index contributed by atoms with van der Waals surface area (Å²) in [6.07, 6.45) is 1.79. The Bertz CT molecular complexity index is 2280. The summed E-state index contributed by atoms with van der Waals surface area (Å²) in [5.41, 5.74) is 3.24. The molecule has 0 amide bonds. The van der Waals surface area contributed by atoms with E-state index in [0.29, 0.717) is 54.2 Å². The molecule has 256 valence electrons. The molecule has 0 saturated carbocycles. The van der Waals surface area contributed by atoms with Crippen molar-refractivity contribution in [3.8, 4) is 23.0 Å². The lowest BCUT2D eigenvalue weighted by Crippen LogP contribution is -2.40. The first kappa shape index (κ1) is 35.2. The Morgan fingerprint density at radius 2 is 1.66 bits per heavy atom. The minimum atomic E-state index is -0.877. The number of halogens is 2. The van der Waals surface area contributed by atoms with Gasteiger partial charge in [0.25, 0.3) is 5.56 Å². The van der Waals surface area contributed by atoms with Gasteiger partial charge in [-0.05, 0) is 77.0 Å². The number of methoxy groups -OCH3 is 3. The van der Waals surface area contributed by atoms with Gasteiger partial charge in [-0.3, -0.25) is 9.36 Å². The molecule has 1 aromatic heterocycles. The topological polar surface area (TPSA) is 97.6 Å². The number of carbonyl (C=O) groups is 1. The highest BCUT2D eigenvalue weighted by Crippen LogP contribution is 2.39. The summed E-state index contributed by atoms with van der Waals surface area (Å²) >= 11 is 9.76. The standard InChI is InChI=1S/C38H32ClIN2O7S/c1-5-48-37(44)32-33(23-11-7-6-8-12-23)41-38-42(34(32)24-15-16-28(45-2)29(20-24)46-3)36(43)31(50-38)19-22-17-27(40)35(30(18-22)47-4)49-21-25-13-9-10-14-26(25)39/h6-20,34H,5,21H2,1-4H3/b31-19-/t34-/m1/s1. The number of aromatic nitrogens is 1. The average Bonchev–Trinajstić information content (AvgIpc) is 3.44. The van der Waals surface area contributed by atoms with Crippen molar-refractivity contribution in [1.82, 2.24) is 4.57 Å². The highest BCUT2D eigenvalue weighted by Gasteiger charge is 2.35. The van der Waals surface area contributed by atoms with E-state index in [4.69, 9.17) is 40.3 Å². The average molecular weight is 823 g/mol. The zero-order valence-corrected chi connectivity index (χ0v) is 31.3. The van der Waals surface area contributed by atoms with Crippen molar-refractivity contribution in [3.63, 3.8) is 0 Å². The number of hydrogen-bond acceptors (Lipinski definition) is 9. The predicted molar refractivity (Wildman–Crippen MR) is 202 cm³/mol. The maximum Gasteiger partial charge on any atom is 0.338 e. The van der Waals surface area contributed by atoms with Crippen molar-refractivity contribution in [2.45, 2.75) is 19.6 Å². The fourth-order valence-electron chi connectivity index (χ4n) is 5.66. The molecule has 12 heteroatoms. The van der Waals surface area contributed by atoms with E-state index in [2.05, 4.69) is 22.6 Å². The summed E-state index contributed by atoms with van der Waals surface area (Å²) in [6, 6.07) is 25.0. The molecule has 9 nitrogen and oxygen atoms in total. The second-order valence-corrected chi connectivity index (χ2v) is 13.5. The predicted octanol–water partition coefficient (Wildman–Crippen LogP) is 6.80. The number of rotatable bonds is 11. The largest absolute Gasteiger partial charge is 0.493 e. The number of esters is 1. The van der Waals surface area contributed by atoms with Crippen molar-refractivity contribution in [1.29, 1.82) is 0 Å². The van der Waals surface area contributed by atoms with Gasteiger partial charge in [-0.2, -0.15) is 0 Å². The van der Waals surface area contributed by atoms with Gasteiger partial charge in [0.15, 0.2) is 27.8 Å². The minimum absolute atomic E-state index is 0.145. The quantitative estimate of drug-likeness (QED) is 0.107. The molecule has 0 saturated heterocycles. The number of thiazole rings is 1. The minimum Gasteiger partial charge on any atom is -0.493 e. The van der Waals surface area contributed by atoms with E-state index < -0.39 is 12.0 Å². The van der Waals surface area contributed by atoms with Gasteiger partial charge in [0.1, 0.15) is 6.61 Å². The summed E-state index contributed by atoms with van der Waals surface area (Å²) in [7, 11) is 4.65. The number of ether oxygens (including phenoxy) is 5. The van der Waals surface area contributed by atoms with E-state index in [0.717, 1.165) is 14.7 Å². The number of fused-ring (bicyclic) bond motifs is 1. The Kier molecular flexibility index (Phi) is 10.9. The summed E-state index contributed by atoms with van der Waals surface area (Å²) in [5, 5.41) is 0.612. The first-order valence-corrected chi connectivity index (χ1v) is 17.8. The molecule has 6 rings (SSSR count). The molecule has 50 heavy (non-hydrogen) atoms. The first-order valence-electron chi connectivity index (χ1n) is 15.5. The van der Waals surface area contributed by atoms with E-state index in [1.165, 1.54) is 18.4 Å². The van der Waals surface area contributed by atoms with Gasteiger partial charge in [0.05, 0.1) is 53.4 Å². The van der Waals surface area contributed by atoms with Crippen LogP contribution in [0.3, 0.4) is 0 Å². The third kappa shape index (κ3) is 7.03. The van der Waals surface area contributed by atoms with Crippen LogP contribution < -0.4 is 33.8 Å². The lowest BCUT2D eigenvalue weighted by Gasteiger charge is -2.26. The third-order valence-corrected chi connectivity index (χ3v) is 10.1. The molecule has 2 heterocycles. The van der Waals surface area contributed by atoms with E-state index in [1.807, 2.05) is 72.8 Å². The van der Waals surface area contributed by atoms with Crippen LogP contribution in [0.25, 0.3) is 11.8 Å². The SMILES string of the molecule is CCOC(=O)C1=C(c2ccccc2)N=c2s/c(=C\c3cc(I)c(OCc4ccccc4Cl)c(OC)c3)c(=O)n2[C@@H]1c1ccc(OC)c(OC)c1. The molecule has 0 fully saturated rings. The van der Waals surface area contributed by atoms with Crippen molar-refractivity contribution in [3.05, 3.63) is 141 Å². The summed E-state index contributed by atoms with van der Waals surface area (Å²) < 4.78 is 31.3. The fraction of sp³-hybridized carbons (Fsp3) is 0.184. The molecule has 0 aliphatic carbocycles. The zero-order valence-electron chi connectivity index (χ0n) is 27.6. The van der Waals surface area contributed by atoms with Crippen molar-refractivity contribution < 1.29 is 28.5 Å². The van der Waals surface area contributed by atoms with Crippen molar-refractivity contribution in [2.75, 3.05) is 27.9 Å². The van der Waals surface area contributed by atoms with Gasteiger partial charge in [0.2, 0.25) is 0 Å². The van der Waals surface area contributed by atoms with Crippen LogP contribution in [0.4, 0.5) is 0 Å². The van der Waals surface area contributed by atoms with Crippen molar-refractivity contribution >= 4 is 63.3 Å². The molecule has 0 unspecified atom stereocenters. The van der Waals surface area contributed by atoms with Crippen molar-refractivity contribution in [2.24, 2.45) is 4.99 Å². The van der Waals surface area contributed by atoms with E-state index >= 15 is 0 Å². The molecule has 0 spiro atoms. The van der Waals surface area contributed by atoms with Gasteiger partial charge < -0.3 is 23.7 Å². The second-order valence-electron chi connectivity index (χ2n) is 11.0. The molecule has 1 aliphatic heterocycles. The maximum absolute atomic E-state index is 14.4. The number of benzene rings is 4. The van der Waals surface area contributed by atoms with Crippen LogP contribution >= 0.6 is 45.5 Å². The van der Waals surface area contributed by atoms with Crippen LogP contribution in [0.15, 0.2) is 100 Å². The monoisotopic (exact) mass is 822 g/mol. The summed E-state index contributed by atoms with van der Waals surface area (Å²) in [6.45, 7) is 2.14. The van der Waals surface area contributed by atoms with Gasteiger partial charge >= 0.3 is 5.97 Å². The molecule has 0 radical (unpaired) electrons. The lowest BCUT2D eigenvalue weighted by molar-refractivity contribution is -0.138. The Hall–Kier alpha value is -4.59. The highest BCUT2D eigenvalue weighted by atomic mass is 127. The van der Waals surface area contributed by atoms with Gasteiger partial charge in [-0.1, -0.05) is 77.5 Å². The molecule has 0 bridgehead atoms. The smallest absolute Gasteiger partial charge is 0.338 e. The third-order valence-electron chi connectivity index (χ3n) is 7.98. The Morgan fingerprint density at radius 1 is 0.940 bits per heavy atom. The molecule has 0 N–H and O–H groups in total. The van der Waals surface area contributed by atoms with Crippen LogP contribution in [-0.4, -0.2) is 38.5 Å². The van der Waals surface area contributed by atoms with Crippen LogP contribution in [0, 0.1) is 3.57 Å². The first-order chi connectivity index (χ1) is 24.3. The Morgan fingerprint density at radius 3 is 2.36 bits per heavy atom. The zero-order chi connectivity index (χ0) is 35.4. The van der Waals surface area contributed by atoms with Crippen LogP contribution in [0.2, 0.25) is 5.02 Å². The second kappa shape index (κ2) is 15.5. The van der Waals surface area contributed by atoms with E-state index in [-0.39, 0.29) is 24.3 Å². The number of nitrogens with zero attached hydrogens (tertiary/aromatic N) is 2. The van der Waals surface area contributed by atoms with Gasteiger partial charge in [0, 0.05) is 16.1 Å². The van der Waals surface area contributed by atoms with E-state index in [1.54, 1.807) is 43.9 Å². The Labute approximate surface area is 311 Å². The molecule has 5 aromatic rings. The fourth-order valence-corrected chi connectivity index (χ4v) is 7.63. The normalized spacial score (nSPS) is 14.1. The maximum atomic E-state index is 14.4. The number of carbonyl (C=O) groups excluding carboxylic acids is 1. The van der Waals surface area contributed by atoms with Crippen LogP contribution in [0.5, 0.6) is 23.0 Å². The van der Waals surface area contributed by atoms with Crippen LogP contribution in [-0.2, 0) is 16.1 Å². The molecular formula is C38H32ClIN2O7S. The van der Waals surface area contributed by atoms with Gasteiger partial charge in [-0.15, -0.1) is 0 Å². The molecule has 1 aliphatic rings.